The van der Waals surface area contributed by atoms with Crippen LogP contribution in [0.5, 0.6) is 11.5 Å². The summed E-state index contributed by atoms with van der Waals surface area (Å²) in [4.78, 5) is 71.9. The van der Waals surface area contributed by atoms with E-state index in [0.717, 1.165) is 25.7 Å². The van der Waals surface area contributed by atoms with Crippen LogP contribution in [0.2, 0.25) is 0 Å². The Morgan fingerprint density at radius 3 is 1.28 bits per heavy atom. The van der Waals surface area contributed by atoms with E-state index in [1.165, 1.54) is 0 Å². The van der Waals surface area contributed by atoms with Gasteiger partial charge < -0.3 is 0 Å². The molecule has 0 bridgehead atoms. The predicted octanol–water partition coefficient (Wildman–Crippen LogP) is 9.76. The van der Waals surface area contributed by atoms with Crippen LogP contribution in [0.4, 0.5) is 0 Å². The molecule has 0 aliphatic rings. The molecule has 2 atom stereocenters. The van der Waals surface area contributed by atoms with Crippen LogP contribution in [0.3, 0.4) is 0 Å². The third kappa shape index (κ3) is 14.2. The van der Waals surface area contributed by atoms with E-state index < -0.39 is 34.3 Å². The summed E-state index contributed by atoms with van der Waals surface area (Å²) in [6.45, 7) is 26.3. The van der Waals surface area contributed by atoms with Gasteiger partial charge in [0.25, 0.3) is 0 Å². The molecule has 10 nitrogen and oxygen atoms in total. The van der Waals surface area contributed by atoms with E-state index in [1.54, 1.807) is 39.8 Å². The summed E-state index contributed by atoms with van der Waals surface area (Å²) in [5.41, 5.74) is -2.87. The quantitative estimate of drug-likeness (QED) is 0.0996. The molecule has 2 unspecified atom stereocenters. The molecule has 0 aromatic heterocycles. The highest BCUT2D eigenvalue weighted by Gasteiger charge is 2.39. The van der Waals surface area contributed by atoms with Gasteiger partial charge in [-0.2, -0.15) is 0 Å². The lowest BCUT2D eigenvalue weighted by Crippen LogP contribution is -2.32. The van der Waals surface area contributed by atoms with Crippen molar-refractivity contribution >= 4 is 11.9 Å². The minimum Gasteiger partial charge on any atom is -0.287 e. The number of rotatable bonds is 20. The second kappa shape index (κ2) is 18.2. The van der Waals surface area contributed by atoms with Gasteiger partial charge in [0.2, 0.25) is 0 Å². The zero-order valence-electron chi connectivity index (χ0n) is 31.0. The van der Waals surface area contributed by atoms with E-state index in [-0.39, 0.29) is 23.3 Å². The van der Waals surface area contributed by atoms with Crippen molar-refractivity contribution in [3.63, 3.8) is 0 Å². The highest BCUT2D eigenvalue weighted by atomic mass is 17.2. The molecule has 0 amide bonds. The molecule has 0 saturated carbocycles. The second-order valence-corrected chi connectivity index (χ2v) is 14.9. The largest absolute Gasteiger partial charge is 0.358 e. The fourth-order valence-electron chi connectivity index (χ4n) is 4.37. The summed E-state index contributed by atoms with van der Waals surface area (Å²) in [5.74, 6) is -1.22. The molecule has 1 rings (SSSR count). The van der Waals surface area contributed by atoms with E-state index in [1.807, 2.05) is 55.4 Å². The highest BCUT2D eigenvalue weighted by molar-refractivity contribution is 5.72. The maximum atomic E-state index is 13.2. The van der Waals surface area contributed by atoms with Gasteiger partial charge in [-0.1, -0.05) is 53.4 Å². The molecule has 0 spiro atoms. The fourth-order valence-corrected chi connectivity index (χ4v) is 4.37. The van der Waals surface area contributed by atoms with E-state index in [9.17, 15) is 9.59 Å². The maximum Gasteiger partial charge on any atom is 0.358 e. The van der Waals surface area contributed by atoms with Gasteiger partial charge in [-0.25, -0.2) is 29.1 Å². The van der Waals surface area contributed by atoms with Crippen molar-refractivity contribution in [2.75, 3.05) is 0 Å². The van der Waals surface area contributed by atoms with Crippen LogP contribution < -0.4 is 9.78 Å². The van der Waals surface area contributed by atoms with Crippen LogP contribution in [0, 0.1) is 11.8 Å². The first-order valence-electron chi connectivity index (χ1n) is 16.9. The summed E-state index contributed by atoms with van der Waals surface area (Å²) in [6, 6.07) is 3.21. The van der Waals surface area contributed by atoms with Crippen molar-refractivity contribution < 1.29 is 48.7 Å². The lowest BCUT2D eigenvalue weighted by Gasteiger charge is -2.34. The van der Waals surface area contributed by atoms with E-state index in [4.69, 9.17) is 39.1 Å². The number of hydrogen-bond acceptors (Lipinski definition) is 10. The van der Waals surface area contributed by atoms with E-state index >= 15 is 0 Å². The van der Waals surface area contributed by atoms with Gasteiger partial charge in [0.1, 0.15) is 11.2 Å². The SMILES string of the molecule is CCCCC(CC)C(=O)OOc1cc(C(C)(C)OOC(C)(C)C)c(OOC(=O)C(CC)CCCC)c(C(C)(C)OOC(C)(C)C)c1. The molecule has 1 aromatic carbocycles. The molecule has 0 aliphatic carbocycles. The van der Waals surface area contributed by atoms with Crippen LogP contribution in [0.1, 0.15) is 159 Å². The van der Waals surface area contributed by atoms with Crippen molar-refractivity contribution in [3.8, 4) is 11.5 Å². The summed E-state index contributed by atoms with van der Waals surface area (Å²) < 4.78 is 0. The smallest absolute Gasteiger partial charge is 0.287 e. The molecule has 0 radical (unpaired) electrons. The lowest BCUT2D eigenvalue weighted by atomic mass is 9.89. The molecule has 46 heavy (non-hydrogen) atoms. The molecule has 1 aromatic rings. The lowest BCUT2D eigenvalue weighted by molar-refractivity contribution is -0.404. The summed E-state index contributed by atoms with van der Waals surface area (Å²) in [5, 5.41) is 0. The summed E-state index contributed by atoms with van der Waals surface area (Å²) >= 11 is 0. The molecule has 10 heteroatoms. The number of hydrogen-bond donors (Lipinski definition) is 0. The van der Waals surface area contributed by atoms with Gasteiger partial charge in [-0.15, -0.1) is 0 Å². The average Bonchev–Trinajstić information content (AvgIpc) is 2.97. The van der Waals surface area contributed by atoms with E-state index in [2.05, 4.69) is 13.8 Å². The van der Waals surface area contributed by atoms with Gasteiger partial charge in [-0.05, 0) is 107 Å². The molecule has 0 heterocycles. The third-order valence-corrected chi connectivity index (χ3v) is 7.25. The average molecular weight is 655 g/mol. The Kier molecular flexibility index (Phi) is 16.5. The van der Waals surface area contributed by atoms with Crippen molar-refractivity contribution in [2.45, 2.75) is 171 Å². The minimum absolute atomic E-state index is 0.150. The molecular weight excluding hydrogens is 592 g/mol. The molecule has 0 N–H and O–H groups in total. The van der Waals surface area contributed by atoms with Crippen LogP contribution in [0.15, 0.2) is 12.1 Å². The Balaban J connectivity index is 3.77. The molecule has 0 saturated heterocycles. The Labute approximate surface area is 277 Å². The van der Waals surface area contributed by atoms with Gasteiger partial charge in [0.15, 0.2) is 11.5 Å². The molecular formula is C36H62O10. The van der Waals surface area contributed by atoms with Crippen molar-refractivity contribution in [3.05, 3.63) is 23.3 Å². The number of benzene rings is 1. The zero-order chi connectivity index (χ0) is 35.3. The van der Waals surface area contributed by atoms with Crippen molar-refractivity contribution in [1.82, 2.24) is 0 Å². The minimum atomic E-state index is -1.19. The van der Waals surface area contributed by atoms with Crippen molar-refractivity contribution in [2.24, 2.45) is 11.8 Å². The summed E-state index contributed by atoms with van der Waals surface area (Å²) in [7, 11) is 0. The highest BCUT2D eigenvalue weighted by Crippen LogP contribution is 2.45. The molecule has 266 valence electrons. The Morgan fingerprint density at radius 1 is 0.587 bits per heavy atom. The first kappa shape index (κ1) is 41.6. The van der Waals surface area contributed by atoms with Gasteiger partial charge in [0, 0.05) is 11.1 Å². The number of carbonyl (C=O) groups is 2. The number of unbranched alkanes of at least 4 members (excludes halogenated alkanes) is 2. The Bertz CT molecular complexity index is 1030. The van der Waals surface area contributed by atoms with E-state index in [0.29, 0.717) is 36.8 Å². The van der Waals surface area contributed by atoms with Gasteiger partial charge in [0.05, 0.1) is 23.0 Å². The van der Waals surface area contributed by atoms with Crippen LogP contribution in [0.25, 0.3) is 0 Å². The molecule has 0 aliphatic heterocycles. The van der Waals surface area contributed by atoms with Crippen LogP contribution in [-0.2, 0) is 50.1 Å². The number of carbonyl (C=O) groups excluding carboxylic acids is 2. The van der Waals surface area contributed by atoms with Crippen LogP contribution >= 0.6 is 0 Å². The van der Waals surface area contributed by atoms with Crippen molar-refractivity contribution in [1.29, 1.82) is 0 Å². The maximum absolute atomic E-state index is 13.2. The standard InChI is InChI=1S/C36H62O10/c1-15-19-21-25(17-3)31(37)41-39-27-23-28(35(11,12)45-43-33(5,6)7)30(40-42-32(38)26(18-4)22-20-16-2)29(24-27)36(13,14)46-44-34(8,9)10/h23-26H,15-22H2,1-14H3. The third-order valence-electron chi connectivity index (χ3n) is 7.25. The normalized spacial score (nSPS) is 14.0. The van der Waals surface area contributed by atoms with Crippen LogP contribution in [-0.4, -0.2) is 23.1 Å². The topological polar surface area (TPSA) is 108 Å². The first-order valence-corrected chi connectivity index (χ1v) is 16.9. The van der Waals surface area contributed by atoms with Gasteiger partial charge >= 0.3 is 11.9 Å². The predicted molar refractivity (Wildman–Crippen MR) is 176 cm³/mol. The Morgan fingerprint density at radius 2 is 0.957 bits per heavy atom. The fraction of sp³-hybridized carbons (Fsp3) is 0.778. The second-order valence-electron chi connectivity index (χ2n) is 14.9. The first-order chi connectivity index (χ1) is 21.2. The monoisotopic (exact) mass is 654 g/mol. The summed E-state index contributed by atoms with van der Waals surface area (Å²) in [6.07, 6.45) is 6.36. The zero-order valence-corrected chi connectivity index (χ0v) is 31.0. The Hall–Kier alpha value is -2.40. The van der Waals surface area contributed by atoms with Gasteiger partial charge in [-0.3, -0.25) is 19.6 Å². The molecule has 0 fully saturated rings.